The Morgan fingerprint density at radius 1 is 1.47 bits per heavy atom. The SMILES string of the molecule is O=C(NCC1CN2CCCC2CO1)OCC(F)(F)F. The Balaban J connectivity index is 1.64. The molecule has 0 bridgehead atoms. The minimum absolute atomic E-state index is 0.167. The average Bonchev–Trinajstić information content (AvgIpc) is 2.80. The summed E-state index contributed by atoms with van der Waals surface area (Å²) in [6.45, 7) is 0.926. The maximum atomic E-state index is 11.8. The van der Waals surface area contributed by atoms with Crippen molar-refractivity contribution in [3.8, 4) is 0 Å². The van der Waals surface area contributed by atoms with Gasteiger partial charge in [-0.15, -0.1) is 0 Å². The lowest BCUT2D eigenvalue weighted by molar-refractivity contribution is -0.160. The van der Waals surface area contributed by atoms with Crippen LogP contribution in [0.15, 0.2) is 0 Å². The molecule has 2 saturated heterocycles. The number of carbonyl (C=O) groups is 1. The van der Waals surface area contributed by atoms with Crippen molar-refractivity contribution < 1.29 is 27.4 Å². The maximum Gasteiger partial charge on any atom is 0.422 e. The first kappa shape index (κ1) is 14.4. The van der Waals surface area contributed by atoms with Crippen molar-refractivity contribution >= 4 is 6.09 Å². The van der Waals surface area contributed by atoms with Crippen LogP contribution in [0.1, 0.15) is 12.8 Å². The number of rotatable bonds is 3. The summed E-state index contributed by atoms with van der Waals surface area (Å²) in [5.74, 6) is 0. The van der Waals surface area contributed by atoms with Crippen molar-refractivity contribution in [1.29, 1.82) is 0 Å². The number of amides is 1. The van der Waals surface area contributed by atoms with E-state index in [1.807, 2.05) is 0 Å². The molecule has 2 unspecified atom stereocenters. The second kappa shape index (κ2) is 5.96. The highest BCUT2D eigenvalue weighted by Crippen LogP contribution is 2.22. The molecule has 5 nitrogen and oxygen atoms in total. The smallest absolute Gasteiger partial charge is 0.422 e. The molecule has 2 atom stereocenters. The molecule has 2 fully saturated rings. The van der Waals surface area contributed by atoms with E-state index < -0.39 is 18.9 Å². The fourth-order valence-electron chi connectivity index (χ4n) is 2.40. The molecule has 2 heterocycles. The van der Waals surface area contributed by atoms with Gasteiger partial charge in [0.1, 0.15) is 0 Å². The first-order valence-electron chi connectivity index (χ1n) is 6.27. The van der Waals surface area contributed by atoms with Gasteiger partial charge in [-0.25, -0.2) is 4.79 Å². The van der Waals surface area contributed by atoms with Gasteiger partial charge in [0.05, 0.1) is 12.7 Å². The third-order valence-electron chi connectivity index (χ3n) is 3.30. The van der Waals surface area contributed by atoms with Gasteiger partial charge >= 0.3 is 12.3 Å². The van der Waals surface area contributed by atoms with Gasteiger partial charge in [-0.05, 0) is 19.4 Å². The fourth-order valence-corrected chi connectivity index (χ4v) is 2.40. The Bertz CT molecular complexity index is 325. The predicted octanol–water partition coefficient (Wildman–Crippen LogP) is 1.14. The third kappa shape index (κ3) is 4.54. The second-order valence-corrected chi connectivity index (χ2v) is 4.82. The number of carbonyl (C=O) groups excluding carboxylic acids is 1. The van der Waals surface area contributed by atoms with Crippen molar-refractivity contribution in [2.75, 3.05) is 32.8 Å². The molecule has 2 aliphatic rings. The summed E-state index contributed by atoms with van der Waals surface area (Å²) in [4.78, 5) is 13.3. The number of halogens is 3. The van der Waals surface area contributed by atoms with E-state index in [0.29, 0.717) is 19.2 Å². The Morgan fingerprint density at radius 2 is 2.26 bits per heavy atom. The number of hydrogen-bond donors (Lipinski definition) is 1. The van der Waals surface area contributed by atoms with Crippen LogP contribution in [0.4, 0.5) is 18.0 Å². The number of hydrogen-bond acceptors (Lipinski definition) is 4. The molecule has 1 N–H and O–H groups in total. The van der Waals surface area contributed by atoms with Crippen molar-refractivity contribution in [3.63, 3.8) is 0 Å². The van der Waals surface area contributed by atoms with Crippen LogP contribution < -0.4 is 5.32 Å². The number of ether oxygens (including phenoxy) is 2. The average molecular weight is 282 g/mol. The lowest BCUT2D eigenvalue weighted by Gasteiger charge is -2.35. The third-order valence-corrected chi connectivity index (χ3v) is 3.30. The van der Waals surface area contributed by atoms with Crippen molar-refractivity contribution in [1.82, 2.24) is 10.2 Å². The Morgan fingerprint density at radius 3 is 3.00 bits per heavy atom. The molecule has 110 valence electrons. The summed E-state index contributed by atoms with van der Waals surface area (Å²) < 4.78 is 45.1. The van der Waals surface area contributed by atoms with E-state index in [1.165, 1.54) is 0 Å². The molecular weight excluding hydrogens is 265 g/mol. The van der Waals surface area contributed by atoms with E-state index in [1.54, 1.807) is 0 Å². The second-order valence-electron chi connectivity index (χ2n) is 4.82. The van der Waals surface area contributed by atoms with E-state index in [0.717, 1.165) is 19.4 Å². The lowest BCUT2D eigenvalue weighted by Crippen LogP contribution is -2.50. The summed E-state index contributed by atoms with van der Waals surface area (Å²) in [5.41, 5.74) is 0. The number of nitrogens with one attached hydrogen (secondary N) is 1. The monoisotopic (exact) mass is 282 g/mol. The highest BCUT2D eigenvalue weighted by atomic mass is 19.4. The maximum absolute atomic E-state index is 11.8. The quantitative estimate of drug-likeness (QED) is 0.843. The van der Waals surface area contributed by atoms with Crippen LogP contribution in [0.5, 0.6) is 0 Å². The largest absolute Gasteiger partial charge is 0.440 e. The minimum Gasteiger partial charge on any atom is -0.440 e. The molecule has 8 heteroatoms. The first-order chi connectivity index (χ1) is 8.94. The van der Waals surface area contributed by atoms with Gasteiger partial charge < -0.3 is 14.8 Å². The standard InChI is InChI=1S/C11H17F3N2O3/c12-11(13,14)7-19-10(17)15-4-9-5-16-3-1-2-8(16)6-18-9/h8-9H,1-7H2,(H,15,17). The van der Waals surface area contributed by atoms with E-state index >= 15 is 0 Å². The number of alkyl halides is 3. The molecule has 0 radical (unpaired) electrons. The molecule has 2 aliphatic heterocycles. The minimum atomic E-state index is -4.50. The van der Waals surface area contributed by atoms with Crippen molar-refractivity contribution in [3.05, 3.63) is 0 Å². The summed E-state index contributed by atoms with van der Waals surface area (Å²) in [6.07, 6.45) is -3.49. The molecule has 1 amide bonds. The number of nitrogens with zero attached hydrogens (tertiary/aromatic N) is 1. The topological polar surface area (TPSA) is 50.8 Å². The zero-order valence-corrected chi connectivity index (χ0v) is 10.4. The van der Waals surface area contributed by atoms with Gasteiger partial charge in [0.2, 0.25) is 0 Å². The molecule has 0 saturated carbocycles. The fraction of sp³-hybridized carbons (Fsp3) is 0.909. The number of alkyl carbamates (subject to hydrolysis) is 1. The Hall–Kier alpha value is -1.02. The van der Waals surface area contributed by atoms with Crippen molar-refractivity contribution in [2.24, 2.45) is 0 Å². The molecule has 19 heavy (non-hydrogen) atoms. The van der Waals surface area contributed by atoms with Crippen LogP contribution in [0, 0.1) is 0 Å². The van der Waals surface area contributed by atoms with Crippen LogP contribution >= 0.6 is 0 Å². The summed E-state index contributed by atoms with van der Waals surface area (Å²) in [5, 5.41) is 2.29. The van der Waals surface area contributed by atoms with E-state index in [4.69, 9.17) is 4.74 Å². The summed E-state index contributed by atoms with van der Waals surface area (Å²) in [6, 6.07) is 0.452. The Kier molecular flexibility index (Phi) is 4.51. The van der Waals surface area contributed by atoms with Crippen LogP contribution in [0.2, 0.25) is 0 Å². The number of morpholine rings is 1. The highest BCUT2D eigenvalue weighted by molar-refractivity contribution is 5.67. The predicted molar refractivity (Wildman–Crippen MR) is 59.7 cm³/mol. The molecule has 0 spiro atoms. The van der Waals surface area contributed by atoms with Gasteiger partial charge in [0, 0.05) is 19.1 Å². The van der Waals surface area contributed by atoms with E-state index in [-0.39, 0.29) is 12.6 Å². The van der Waals surface area contributed by atoms with Crippen LogP contribution in [-0.4, -0.2) is 62.2 Å². The van der Waals surface area contributed by atoms with Gasteiger partial charge in [0.15, 0.2) is 6.61 Å². The number of fused-ring (bicyclic) bond motifs is 1. The van der Waals surface area contributed by atoms with Crippen LogP contribution in [0.3, 0.4) is 0 Å². The van der Waals surface area contributed by atoms with Gasteiger partial charge in [-0.3, -0.25) is 4.90 Å². The molecule has 0 aromatic carbocycles. The summed E-state index contributed by atoms with van der Waals surface area (Å²) >= 11 is 0. The zero-order valence-electron chi connectivity index (χ0n) is 10.4. The highest BCUT2D eigenvalue weighted by Gasteiger charge is 2.33. The summed E-state index contributed by atoms with van der Waals surface area (Å²) in [7, 11) is 0. The molecule has 0 aromatic rings. The van der Waals surface area contributed by atoms with Crippen LogP contribution in [0.25, 0.3) is 0 Å². The van der Waals surface area contributed by atoms with E-state index in [2.05, 4.69) is 15.0 Å². The molecule has 0 aliphatic carbocycles. The molecule has 0 aromatic heterocycles. The first-order valence-corrected chi connectivity index (χ1v) is 6.27. The van der Waals surface area contributed by atoms with Gasteiger partial charge in [-0.2, -0.15) is 13.2 Å². The lowest BCUT2D eigenvalue weighted by atomic mass is 10.2. The van der Waals surface area contributed by atoms with E-state index in [9.17, 15) is 18.0 Å². The van der Waals surface area contributed by atoms with Gasteiger partial charge in [0.25, 0.3) is 0 Å². The normalized spacial score (nSPS) is 27.9. The van der Waals surface area contributed by atoms with Crippen LogP contribution in [-0.2, 0) is 9.47 Å². The van der Waals surface area contributed by atoms with Crippen molar-refractivity contribution in [2.45, 2.75) is 31.2 Å². The zero-order chi connectivity index (χ0) is 13.9. The molecular formula is C11H17F3N2O3. The van der Waals surface area contributed by atoms with Gasteiger partial charge in [-0.1, -0.05) is 0 Å². The molecule has 2 rings (SSSR count). The Labute approximate surface area is 109 Å².